The molecule has 0 bridgehead atoms. The molecule has 2 aromatic rings. The fraction of sp³-hybridized carbons (Fsp3) is 0.375. The van der Waals surface area contributed by atoms with Crippen LogP contribution in [0.1, 0.15) is 42.0 Å². The van der Waals surface area contributed by atoms with Crippen LogP contribution in [0, 0.1) is 25.7 Å². The summed E-state index contributed by atoms with van der Waals surface area (Å²) in [6.07, 6.45) is -3.54. The molecule has 2 unspecified atom stereocenters. The summed E-state index contributed by atoms with van der Waals surface area (Å²) in [6, 6.07) is 10.9. The van der Waals surface area contributed by atoms with Crippen molar-refractivity contribution in [1.82, 2.24) is 0 Å². The van der Waals surface area contributed by atoms with Crippen LogP contribution in [-0.4, -0.2) is 16.6 Å². The Bertz CT molecular complexity index is 961. The SMILES string of the molecule is Cc1ccc(C2=C(O)CC(C(C)CSc3ccc(C(F)(F)F)cc3)CC2=O)c(C)c1. The molecule has 0 saturated heterocycles. The van der Waals surface area contributed by atoms with Crippen molar-refractivity contribution in [2.75, 3.05) is 5.75 Å². The number of Topliss-reactive ketones (excluding diaryl/α,β-unsaturated/α-hetero) is 1. The molecule has 2 nitrogen and oxygen atoms in total. The lowest BCUT2D eigenvalue weighted by Crippen LogP contribution is -2.25. The molecular formula is C24H25F3O2S. The van der Waals surface area contributed by atoms with Crippen molar-refractivity contribution in [2.45, 2.75) is 44.7 Å². The van der Waals surface area contributed by atoms with Crippen molar-refractivity contribution in [1.29, 1.82) is 0 Å². The van der Waals surface area contributed by atoms with Gasteiger partial charge < -0.3 is 5.11 Å². The lowest BCUT2D eigenvalue weighted by Gasteiger charge is -2.28. The molecule has 3 rings (SSSR count). The third-order valence-corrected chi connectivity index (χ3v) is 6.92. The number of benzene rings is 2. The Morgan fingerprint density at radius 1 is 1.10 bits per heavy atom. The highest BCUT2D eigenvalue weighted by atomic mass is 32.2. The van der Waals surface area contributed by atoms with E-state index in [1.807, 2.05) is 39.0 Å². The number of aliphatic hydroxyl groups is 1. The molecule has 0 heterocycles. The van der Waals surface area contributed by atoms with E-state index in [-0.39, 0.29) is 23.4 Å². The molecule has 0 aromatic heterocycles. The van der Waals surface area contributed by atoms with E-state index in [0.717, 1.165) is 33.7 Å². The Morgan fingerprint density at radius 2 is 1.77 bits per heavy atom. The minimum Gasteiger partial charge on any atom is -0.512 e. The first-order valence-electron chi connectivity index (χ1n) is 9.89. The maximum atomic E-state index is 12.8. The van der Waals surface area contributed by atoms with E-state index in [1.54, 1.807) is 0 Å². The molecule has 0 saturated carbocycles. The molecule has 1 aliphatic carbocycles. The van der Waals surface area contributed by atoms with Crippen LogP contribution in [0.15, 0.2) is 53.1 Å². The second-order valence-electron chi connectivity index (χ2n) is 8.04. The number of aliphatic hydroxyl groups excluding tert-OH is 1. The van der Waals surface area contributed by atoms with Crippen LogP contribution in [0.3, 0.4) is 0 Å². The Hall–Kier alpha value is -2.21. The van der Waals surface area contributed by atoms with Crippen molar-refractivity contribution in [2.24, 2.45) is 11.8 Å². The third-order valence-electron chi connectivity index (χ3n) is 5.62. The summed E-state index contributed by atoms with van der Waals surface area (Å²) in [5.74, 6) is 0.879. The standard InChI is InChI=1S/C24H25F3O2S/c1-14-4-9-20(15(2)10-14)23-21(28)11-17(12-22(23)29)16(3)13-30-19-7-5-18(6-8-19)24(25,26)27/h4-10,16-17,28H,11-13H2,1-3H3. The molecular weight excluding hydrogens is 409 g/mol. The highest BCUT2D eigenvalue weighted by Gasteiger charge is 2.32. The average Bonchev–Trinajstić information content (AvgIpc) is 2.66. The maximum Gasteiger partial charge on any atom is 0.416 e. The molecule has 0 fully saturated rings. The van der Waals surface area contributed by atoms with Gasteiger partial charge in [-0.2, -0.15) is 13.2 Å². The number of rotatable bonds is 5. The summed E-state index contributed by atoms with van der Waals surface area (Å²) in [4.78, 5) is 13.6. The number of halogens is 3. The maximum absolute atomic E-state index is 12.8. The van der Waals surface area contributed by atoms with E-state index < -0.39 is 11.7 Å². The summed E-state index contributed by atoms with van der Waals surface area (Å²) in [5, 5.41) is 10.6. The van der Waals surface area contributed by atoms with E-state index in [0.29, 0.717) is 24.2 Å². The molecule has 2 aromatic carbocycles. The minimum atomic E-state index is -4.34. The number of carbonyl (C=O) groups excluding carboxylic acids is 1. The van der Waals surface area contributed by atoms with Crippen LogP contribution in [0.2, 0.25) is 0 Å². The van der Waals surface area contributed by atoms with Gasteiger partial charge >= 0.3 is 6.18 Å². The summed E-state index contributed by atoms with van der Waals surface area (Å²) >= 11 is 1.47. The molecule has 0 spiro atoms. The zero-order valence-corrected chi connectivity index (χ0v) is 18.0. The monoisotopic (exact) mass is 434 g/mol. The van der Waals surface area contributed by atoms with Gasteiger partial charge in [-0.15, -0.1) is 11.8 Å². The Kier molecular flexibility index (Phi) is 6.65. The second kappa shape index (κ2) is 8.88. The van der Waals surface area contributed by atoms with E-state index in [2.05, 4.69) is 0 Å². The first-order chi connectivity index (χ1) is 14.1. The molecule has 1 aliphatic rings. The van der Waals surface area contributed by atoms with Gasteiger partial charge in [-0.3, -0.25) is 4.79 Å². The lowest BCUT2D eigenvalue weighted by molar-refractivity contribution is -0.137. The number of allylic oxidation sites excluding steroid dienone is 2. The summed E-state index contributed by atoms with van der Waals surface area (Å²) in [7, 11) is 0. The number of ketones is 1. The number of thioether (sulfide) groups is 1. The van der Waals surface area contributed by atoms with Gasteiger partial charge in [0.05, 0.1) is 11.1 Å². The van der Waals surface area contributed by atoms with Crippen LogP contribution < -0.4 is 0 Å². The fourth-order valence-electron chi connectivity index (χ4n) is 3.83. The highest BCUT2D eigenvalue weighted by Crippen LogP contribution is 2.38. The summed E-state index contributed by atoms with van der Waals surface area (Å²) in [5.41, 5.74) is 2.62. The molecule has 0 aliphatic heterocycles. The predicted molar refractivity (Wildman–Crippen MR) is 115 cm³/mol. The lowest BCUT2D eigenvalue weighted by atomic mass is 9.78. The van der Waals surface area contributed by atoms with E-state index in [9.17, 15) is 23.1 Å². The smallest absolute Gasteiger partial charge is 0.416 e. The van der Waals surface area contributed by atoms with E-state index in [1.165, 1.54) is 23.9 Å². The van der Waals surface area contributed by atoms with Crippen LogP contribution in [0.4, 0.5) is 13.2 Å². The Morgan fingerprint density at radius 3 is 2.33 bits per heavy atom. The Labute approximate surface area is 179 Å². The quantitative estimate of drug-likeness (QED) is 0.515. The first-order valence-corrected chi connectivity index (χ1v) is 10.9. The van der Waals surface area contributed by atoms with Crippen molar-refractivity contribution < 1.29 is 23.1 Å². The van der Waals surface area contributed by atoms with Crippen molar-refractivity contribution in [3.8, 4) is 0 Å². The van der Waals surface area contributed by atoms with Crippen LogP contribution in [0.25, 0.3) is 5.57 Å². The number of hydrogen-bond donors (Lipinski definition) is 1. The minimum absolute atomic E-state index is 0.00829. The molecule has 0 amide bonds. The molecule has 1 N–H and O–H groups in total. The van der Waals surface area contributed by atoms with Gasteiger partial charge in [-0.1, -0.05) is 30.7 Å². The first kappa shape index (κ1) is 22.5. The number of hydrogen-bond acceptors (Lipinski definition) is 3. The largest absolute Gasteiger partial charge is 0.512 e. The molecule has 6 heteroatoms. The topological polar surface area (TPSA) is 37.3 Å². The van der Waals surface area contributed by atoms with Gasteiger partial charge in [0, 0.05) is 23.5 Å². The van der Waals surface area contributed by atoms with Crippen molar-refractivity contribution in [3.05, 3.63) is 70.5 Å². The number of carbonyl (C=O) groups is 1. The third kappa shape index (κ3) is 5.09. The summed E-state index contributed by atoms with van der Waals surface area (Å²) in [6.45, 7) is 5.94. The second-order valence-corrected chi connectivity index (χ2v) is 9.14. The normalized spacial score (nSPS) is 18.6. The molecule has 2 atom stereocenters. The molecule has 160 valence electrons. The van der Waals surface area contributed by atoms with Gasteiger partial charge in [-0.25, -0.2) is 0 Å². The van der Waals surface area contributed by atoms with Crippen LogP contribution in [0.5, 0.6) is 0 Å². The van der Waals surface area contributed by atoms with E-state index in [4.69, 9.17) is 0 Å². The van der Waals surface area contributed by atoms with Gasteiger partial charge in [0.2, 0.25) is 0 Å². The van der Waals surface area contributed by atoms with Gasteiger partial charge in [0.15, 0.2) is 5.78 Å². The zero-order chi connectivity index (χ0) is 22.1. The highest BCUT2D eigenvalue weighted by molar-refractivity contribution is 7.99. The molecule has 0 radical (unpaired) electrons. The Balaban J connectivity index is 1.66. The number of alkyl halides is 3. The van der Waals surface area contributed by atoms with Crippen molar-refractivity contribution in [3.63, 3.8) is 0 Å². The van der Waals surface area contributed by atoms with Gasteiger partial charge in [0.1, 0.15) is 5.76 Å². The van der Waals surface area contributed by atoms with Gasteiger partial charge in [0.25, 0.3) is 0 Å². The number of aryl methyl sites for hydroxylation is 2. The average molecular weight is 435 g/mol. The zero-order valence-electron chi connectivity index (χ0n) is 17.2. The van der Waals surface area contributed by atoms with Crippen LogP contribution >= 0.6 is 11.8 Å². The predicted octanol–water partition coefficient (Wildman–Crippen LogP) is 7.00. The summed E-state index contributed by atoms with van der Waals surface area (Å²) < 4.78 is 38.0. The molecule has 30 heavy (non-hydrogen) atoms. The van der Waals surface area contributed by atoms with Gasteiger partial charge in [-0.05, 0) is 61.1 Å². The fourth-order valence-corrected chi connectivity index (χ4v) is 4.89. The van der Waals surface area contributed by atoms with E-state index >= 15 is 0 Å². The van der Waals surface area contributed by atoms with Crippen molar-refractivity contribution >= 4 is 23.1 Å². The van der Waals surface area contributed by atoms with Crippen LogP contribution in [-0.2, 0) is 11.0 Å².